The van der Waals surface area contributed by atoms with E-state index in [1.54, 1.807) is 0 Å². The van der Waals surface area contributed by atoms with Crippen LogP contribution in [0.5, 0.6) is 0 Å². The fourth-order valence-corrected chi connectivity index (χ4v) is 2.15. The Labute approximate surface area is 132 Å². The Morgan fingerprint density at radius 1 is 1.17 bits per heavy atom. The van der Waals surface area contributed by atoms with E-state index in [2.05, 4.69) is 5.43 Å². The minimum atomic E-state index is -0.812. The van der Waals surface area contributed by atoms with Crippen molar-refractivity contribution in [2.24, 2.45) is 0 Å². The third-order valence-corrected chi connectivity index (χ3v) is 3.35. The Morgan fingerprint density at radius 2 is 1.83 bits per heavy atom. The molecule has 0 atom stereocenters. The van der Waals surface area contributed by atoms with E-state index in [-0.39, 0.29) is 16.2 Å². The van der Waals surface area contributed by atoms with E-state index >= 15 is 0 Å². The molecule has 0 spiro atoms. The number of carbonyl (C=O) groups excluding carboxylic acids is 4. The predicted molar refractivity (Wildman–Crippen MR) is 77.9 cm³/mol. The Balaban J connectivity index is 1.92. The topological polar surface area (TPSA) is 148 Å². The largest absolute Gasteiger partial charge is 0.290 e. The van der Waals surface area contributed by atoms with Crippen molar-refractivity contribution in [2.75, 3.05) is 0 Å². The summed E-state index contributed by atoms with van der Waals surface area (Å²) in [6, 6.07) is 4.72. The maximum atomic E-state index is 11.7. The van der Waals surface area contributed by atoms with Crippen molar-refractivity contribution >= 4 is 40.4 Å². The first kappa shape index (κ1) is 16.2. The van der Waals surface area contributed by atoms with Crippen molar-refractivity contribution in [3.63, 3.8) is 0 Å². The van der Waals surface area contributed by atoms with Gasteiger partial charge in [-0.05, 0) is 23.9 Å². The van der Waals surface area contributed by atoms with Crippen LogP contribution in [-0.4, -0.2) is 27.9 Å². The van der Waals surface area contributed by atoms with Gasteiger partial charge in [-0.15, -0.1) is 0 Å². The van der Waals surface area contributed by atoms with E-state index < -0.39 is 27.9 Å². The number of hydrogen-bond donors (Lipinski definition) is 3. The molecule has 0 saturated carbocycles. The van der Waals surface area contributed by atoms with E-state index in [0.717, 1.165) is 18.2 Å². The highest BCUT2D eigenvalue weighted by Crippen LogP contribution is 2.22. The summed E-state index contributed by atoms with van der Waals surface area (Å²) in [5.41, 5.74) is 4.01. The van der Waals surface area contributed by atoms with Gasteiger partial charge >= 0.3 is 0 Å². The number of thioether (sulfide) groups is 1. The van der Waals surface area contributed by atoms with Crippen LogP contribution in [0.3, 0.4) is 0 Å². The van der Waals surface area contributed by atoms with Crippen molar-refractivity contribution in [1.82, 2.24) is 16.2 Å². The quantitative estimate of drug-likeness (QED) is 0.406. The number of benzene rings is 1. The number of nitro benzene ring substituents is 1. The van der Waals surface area contributed by atoms with Gasteiger partial charge in [-0.25, -0.2) is 0 Å². The van der Waals surface area contributed by atoms with Gasteiger partial charge in [-0.2, -0.15) is 0 Å². The van der Waals surface area contributed by atoms with Gasteiger partial charge in [0.05, 0.1) is 9.83 Å². The third kappa shape index (κ3) is 4.14. The van der Waals surface area contributed by atoms with E-state index in [1.165, 1.54) is 12.1 Å². The average molecular weight is 336 g/mol. The highest BCUT2D eigenvalue weighted by molar-refractivity contribution is 8.18. The summed E-state index contributed by atoms with van der Waals surface area (Å²) in [4.78, 5) is 55.2. The number of nitro groups is 1. The first-order valence-corrected chi connectivity index (χ1v) is 6.78. The van der Waals surface area contributed by atoms with Crippen LogP contribution < -0.4 is 16.2 Å². The number of hydrazine groups is 1. The normalized spacial score (nSPS) is 15.2. The van der Waals surface area contributed by atoms with Gasteiger partial charge < -0.3 is 0 Å². The van der Waals surface area contributed by atoms with Gasteiger partial charge in [0.25, 0.3) is 28.6 Å². The van der Waals surface area contributed by atoms with E-state index in [4.69, 9.17) is 0 Å². The second-order valence-corrected chi connectivity index (χ2v) is 5.11. The van der Waals surface area contributed by atoms with Gasteiger partial charge in [0, 0.05) is 23.8 Å². The number of imide groups is 1. The molecule has 1 heterocycles. The lowest BCUT2D eigenvalue weighted by molar-refractivity contribution is -0.384. The lowest BCUT2D eigenvalue weighted by atomic mass is 10.2. The molecule has 4 amide bonds. The molecule has 0 radical (unpaired) electrons. The Kier molecular flexibility index (Phi) is 4.71. The number of hydrogen-bond acceptors (Lipinski definition) is 7. The number of amides is 4. The summed E-state index contributed by atoms with van der Waals surface area (Å²) < 4.78 is 0. The number of nitrogens with one attached hydrogen (secondary N) is 3. The summed E-state index contributed by atoms with van der Waals surface area (Å²) in [6.45, 7) is 0. The van der Waals surface area contributed by atoms with Gasteiger partial charge in [-0.3, -0.25) is 45.5 Å². The molecule has 2 rings (SSSR count). The van der Waals surface area contributed by atoms with Gasteiger partial charge in [0.15, 0.2) is 0 Å². The summed E-state index contributed by atoms with van der Waals surface area (Å²) in [5, 5.41) is 11.9. The van der Waals surface area contributed by atoms with Gasteiger partial charge in [0.1, 0.15) is 0 Å². The molecule has 118 valence electrons. The molecular weight excluding hydrogens is 328 g/mol. The van der Waals surface area contributed by atoms with Crippen molar-refractivity contribution in [3.8, 4) is 0 Å². The molecule has 23 heavy (non-hydrogen) atoms. The molecule has 0 bridgehead atoms. The van der Waals surface area contributed by atoms with Gasteiger partial charge in [-0.1, -0.05) is 0 Å². The van der Waals surface area contributed by atoms with Crippen LogP contribution in [0.2, 0.25) is 0 Å². The van der Waals surface area contributed by atoms with Crippen molar-refractivity contribution in [1.29, 1.82) is 0 Å². The third-order valence-electron chi connectivity index (χ3n) is 2.54. The molecule has 1 fully saturated rings. The highest BCUT2D eigenvalue weighted by atomic mass is 32.2. The van der Waals surface area contributed by atoms with Crippen molar-refractivity contribution in [2.45, 2.75) is 0 Å². The second-order valence-electron chi connectivity index (χ2n) is 4.10. The van der Waals surface area contributed by atoms with Crippen LogP contribution in [0.15, 0.2) is 35.2 Å². The molecular formula is C12H8N4O6S. The van der Waals surface area contributed by atoms with Crippen LogP contribution in [-0.2, 0) is 9.59 Å². The summed E-state index contributed by atoms with van der Waals surface area (Å²) in [5.74, 6) is -2.21. The zero-order valence-corrected chi connectivity index (χ0v) is 12.0. The van der Waals surface area contributed by atoms with Crippen molar-refractivity contribution < 1.29 is 24.1 Å². The Bertz CT molecular complexity index is 742. The molecule has 0 unspecified atom stereocenters. The zero-order valence-electron chi connectivity index (χ0n) is 11.2. The van der Waals surface area contributed by atoms with Crippen LogP contribution in [0.4, 0.5) is 10.5 Å². The standard InChI is InChI=1S/C12H8N4O6S/c17-9(5-8-11(19)13-12(20)23-8)14-15-10(18)6-1-3-7(4-2-6)16(21)22/h1-5H,(H,14,17)(H,15,18)(H,13,19,20)/b8-5-. The van der Waals surface area contributed by atoms with Gasteiger partial charge in [0.2, 0.25) is 0 Å². The monoisotopic (exact) mass is 336 g/mol. The molecule has 10 nitrogen and oxygen atoms in total. The minimum absolute atomic E-state index is 0.0896. The zero-order chi connectivity index (χ0) is 17.0. The second kappa shape index (κ2) is 6.70. The molecule has 0 aliphatic carbocycles. The molecule has 1 aliphatic heterocycles. The Hall–Kier alpha value is -3.21. The maximum Gasteiger partial charge on any atom is 0.290 e. The number of nitrogens with zero attached hydrogens (tertiary/aromatic N) is 1. The van der Waals surface area contributed by atoms with Crippen LogP contribution in [0.25, 0.3) is 0 Å². The molecule has 1 aromatic rings. The van der Waals surface area contributed by atoms with E-state index in [0.29, 0.717) is 11.8 Å². The molecule has 1 saturated heterocycles. The first-order chi connectivity index (χ1) is 10.9. The minimum Gasteiger partial charge on any atom is -0.282 e. The molecule has 3 N–H and O–H groups in total. The lowest BCUT2D eigenvalue weighted by Crippen LogP contribution is -2.41. The van der Waals surface area contributed by atoms with Crippen LogP contribution in [0.1, 0.15) is 10.4 Å². The summed E-state index contributed by atoms with van der Waals surface area (Å²) in [7, 11) is 0. The van der Waals surface area contributed by atoms with Crippen molar-refractivity contribution in [3.05, 3.63) is 50.9 Å². The lowest BCUT2D eigenvalue weighted by Gasteiger charge is -2.05. The fraction of sp³-hybridized carbons (Fsp3) is 0. The van der Waals surface area contributed by atoms with E-state index in [9.17, 15) is 29.3 Å². The summed E-state index contributed by atoms with van der Waals surface area (Å²) in [6.07, 6.45) is 0.862. The Morgan fingerprint density at radius 3 is 2.35 bits per heavy atom. The predicted octanol–water partition coefficient (Wildman–Crippen LogP) is 0.223. The first-order valence-electron chi connectivity index (χ1n) is 5.96. The SMILES string of the molecule is O=C(/C=C1\SC(=O)NC1=O)NNC(=O)c1ccc([N+](=O)[O-])cc1. The molecule has 0 aromatic heterocycles. The smallest absolute Gasteiger partial charge is 0.282 e. The van der Waals surface area contributed by atoms with Crippen LogP contribution >= 0.6 is 11.8 Å². The number of carbonyl (C=O) groups is 4. The van der Waals surface area contributed by atoms with E-state index in [1.807, 2.05) is 10.7 Å². The summed E-state index contributed by atoms with van der Waals surface area (Å²) >= 11 is 0.561. The average Bonchev–Trinajstić information content (AvgIpc) is 2.82. The number of non-ortho nitro benzene ring substituents is 1. The molecule has 1 aliphatic rings. The fourth-order valence-electron chi connectivity index (χ4n) is 1.50. The maximum absolute atomic E-state index is 11.7. The van der Waals surface area contributed by atoms with Crippen LogP contribution in [0, 0.1) is 10.1 Å². The molecule has 1 aromatic carbocycles. The molecule has 11 heteroatoms. The highest BCUT2D eigenvalue weighted by Gasteiger charge is 2.25. The number of rotatable bonds is 3.